The van der Waals surface area contributed by atoms with Crippen molar-refractivity contribution in [2.45, 2.75) is 25.7 Å². The number of hydrogen-bond acceptors (Lipinski definition) is 3. The van der Waals surface area contributed by atoms with E-state index in [2.05, 4.69) is 27.8 Å². The molecule has 2 nitrogen and oxygen atoms in total. The monoisotopic (exact) mass is 258 g/mol. The minimum atomic E-state index is 0.888. The minimum Gasteiger partial charge on any atom is -0.369 e. The SMILES string of the molecule is c1cc2sccc2c(NCC2CC3CCC2C3)n1. The lowest BCUT2D eigenvalue weighted by Crippen LogP contribution is -2.20. The van der Waals surface area contributed by atoms with E-state index >= 15 is 0 Å². The molecular weight excluding hydrogens is 240 g/mol. The molecule has 4 rings (SSSR count). The van der Waals surface area contributed by atoms with Crippen molar-refractivity contribution in [3.63, 3.8) is 0 Å². The van der Waals surface area contributed by atoms with Gasteiger partial charge in [0.05, 0.1) is 0 Å². The Labute approximate surface area is 111 Å². The quantitative estimate of drug-likeness (QED) is 0.894. The van der Waals surface area contributed by atoms with Gasteiger partial charge in [-0.3, -0.25) is 0 Å². The molecule has 2 bridgehead atoms. The van der Waals surface area contributed by atoms with Crippen molar-refractivity contribution in [3.05, 3.63) is 23.7 Å². The van der Waals surface area contributed by atoms with Crippen LogP contribution in [-0.4, -0.2) is 11.5 Å². The van der Waals surface area contributed by atoms with Crippen LogP contribution in [0.3, 0.4) is 0 Å². The first-order valence-corrected chi connectivity index (χ1v) is 7.84. The van der Waals surface area contributed by atoms with Crippen LogP contribution in [0.1, 0.15) is 25.7 Å². The van der Waals surface area contributed by atoms with Crippen LogP contribution < -0.4 is 5.32 Å². The van der Waals surface area contributed by atoms with E-state index in [1.54, 1.807) is 11.3 Å². The van der Waals surface area contributed by atoms with E-state index in [-0.39, 0.29) is 0 Å². The van der Waals surface area contributed by atoms with Crippen molar-refractivity contribution in [1.82, 2.24) is 4.98 Å². The maximum atomic E-state index is 4.50. The number of fused-ring (bicyclic) bond motifs is 3. The molecule has 2 fully saturated rings. The second-order valence-electron chi connectivity index (χ2n) is 5.81. The molecule has 2 aromatic rings. The molecule has 0 radical (unpaired) electrons. The van der Waals surface area contributed by atoms with E-state index in [9.17, 15) is 0 Å². The lowest BCUT2D eigenvalue weighted by atomic mass is 9.89. The molecule has 0 aliphatic heterocycles. The van der Waals surface area contributed by atoms with Gasteiger partial charge >= 0.3 is 0 Å². The Morgan fingerprint density at radius 2 is 2.28 bits per heavy atom. The Morgan fingerprint density at radius 1 is 1.28 bits per heavy atom. The van der Waals surface area contributed by atoms with Crippen LogP contribution in [-0.2, 0) is 0 Å². The molecule has 94 valence electrons. The zero-order valence-corrected chi connectivity index (χ0v) is 11.2. The predicted molar refractivity (Wildman–Crippen MR) is 77.0 cm³/mol. The van der Waals surface area contributed by atoms with Gasteiger partial charge in [-0.15, -0.1) is 11.3 Å². The summed E-state index contributed by atoms with van der Waals surface area (Å²) >= 11 is 1.79. The van der Waals surface area contributed by atoms with Gasteiger partial charge in [-0.25, -0.2) is 4.98 Å². The smallest absolute Gasteiger partial charge is 0.134 e. The van der Waals surface area contributed by atoms with Gasteiger partial charge in [-0.1, -0.05) is 6.42 Å². The number of hydrogen-bond donors (Lipinski definition) is 1. The largest absolute Gasteiger partial charge is 0.369 e. The highest BCUT2D eigenvalue weighted by Gasteiger charge is 2.39. The summed E-state index contributed by atoms with van der Waals surface area (Å²) in [5, 5.41) is 7.03. The van der Waals surface area contributed by atoms with Gasteiger partial charge in [0.25, 0.3) is 0 Å². The second kappa shape index (κ2) is 4.23. The average molecular weight is 258 g/mol. The summed E-state index contributed by atoms with van der Waals surface area (Å²) < 4.78 is 1.33. The topological polar surface area (TPSA) is 24.9 Å². The van der Waals surface area contributed by atoms with E-state index < -0.39 is 0 Å². The fourth-order valence-corrected chi connectivity index (χ4v) is 4.67. The maximum absolute atomic E-state index is 4.50. The predicted octanol–water partition coefficient (Wildman–Crippen LogP) is 4.14. The Balaban J connectivity index is 1.50. The highest BCUT2D eigenvalue weighted by Crippen LogP contribution is 2.48. The Morgan fingerprint density at radius 3 is 3.11 bits per heavy atom. The number of nitrogens with one attached hydrogen (secondary N) is 1. The van der Waals surface area contributed by atoms with Crippen LogP contribution >= 0.6 is 11.3 Å². The van der Waals surface area contributed by atoms with Crippen molar-refractivity contribution in [2.75, 3.05) is 11.9 Å². The van der Waals surface area contributed by atoms with Gasteiger partial charge in [0.15, 0.2) is 0 Å². The summed E-state index contributed by atoms with van der Waals surface area (Å²) in [6.45, 7) is 1.11. The van der Waals surface area contributed by atoms with Crippen LogP contribution in [0.15, 0.2) is 23.7 Å². The Bertz CT molecular complexity index is 562. The second-order valence-corrected chi connectivity index (χ2v) is 6.76. The van der Waals surface area contributed by atoms with Gasteiger partial charge in [-0.05, 0) is 54.5 Å². The van der Waals surface area contributed by atoms with Gasteiger partial charge in [0.1, 0.15) is 5.82 Å². The molecule has 0 saturated heterocycles. The minimum absolute atomic E-state index is 0.888. The molecule has 2 saturated carbocycles. The zero-order chi connectivity index (χ0) is 11.9. The van der Waals surface area contributed by atoms with Crippen LogP contribution in [0, 0.1) is 17.8 Å². The lowest BCUT2D eigenvalue weighted by Gasteiger charge is -2.22. The fourth-order valence-electron chi connectivity index (χ4n) is 3.89. The molecule has 3 unspecified atom stereocenters. The molecule has 3 heteroatoms. The average Bonchev–Trinajstić information content (AvgIpc) is 3.11. The number of anilines is 1. The summed E-state index contributed by atoms with van der Waals surface area (Å²) in [5.41, 5.74) is 0. The van der Waals surface area contributed by atoms with E-state index in [0.717, 1.165) is 30.1 Å². The first-order valence-electron chi connectivity index (χ1n) is 6.96. The van der Waals surface area contributed by atoms with E-state index in [1.807, 2.05) is 6.20 Å². The first kappa shape index (κ1) is 10.8. The molecular formula is C15H18N2S. The lowest BCUT2D eigenvalue weighted by molar-refractivity contribution is 0.348. The summed E-state index contributed by atoms with van der Waals surface area (Å²) in [5.74, 6) is 3.99. The van der Waals surface area contributed by atoms with E-state index in [1.165, 1.54) is 35.8 Å². The summed E-state index contributed by atoms with van der Waals surface area (Å²) in [6, 6.07) is 4.28. The number of pyridine rings is 1. The third-order valence-corrected chi connectivity index (χ3v) is 5.68. The molecule has 0 spiro atoms. The maximum Gasteiger partial charge on any atom is 0.134 e. The number of nitrogens with zero attached hydrogens (tertiary/aromatic N) is 1. The standard InChI is InChI=1S/C15H18N2S/c1-2-11-7-10(1)8-12(11)9-17-15-13-4-6-18-14(13)3-5-16-15/h3-6,10-12H,1-2,7-9H2,(H,16,17). The van der Waals surface area contributed by atoms with Crippen molar-refractivity contribution < 1.29 is 0 Å². The van der Waals surface area contributed by atoms with Crippen molar-refractivity contribution in [3.8, 4) is 0 Å². The zero-order valence-electron chi connectivity index (χ0n) is 10.4. The van der Waals surface area contributed by atoms with Crippen LogP contribution in [0.5, 0.6) is 0 Å². The molecule has 2 aliphatic rings. The van der Waals surface area contributed by atoms with Gasteiger partial charge < -0.3 is 5.32 Å². The van der Waals surface area contributed by atoms with Crippen molar-refractivity contribution >= 4 is 27.2 Å². The summed E-state index contributed by atoms with van der Waals surface area (Å²) in [7, 11) is 0. The number of thiophene rings is 1. The molecule has 1 N–H and O–H groups in total. The normalized spacial score (nSPS) is 30.1. The third kappa shape index (κ3) is 1.72. The molecule has 2 aliphatic carbocycles. The molecule has 3 atom stereocenters. The highest BCUT2D eigenvalue weighted by molar-refractivity contribution is 7.17. The molecule has 2 heterocycles. The number of rotatable bonds is 3. The van der Waals surface area contributed by atoms with Crippen LogP contribution in [0.4, 0.5) is 5.82 Å². The van der Waals surface area contributed by atoms with Crippen molar-refractivity contribution in [1.29, 1.82) is 0 Å². The van der Waals surface area contributed by atoms with Gasteiger partial charge in [0.2, 0.25) is 0 Å². The van der Waals surface area contributed by atoms with Crippen molar-refractivity contribution in [2.24, 2.45) is 17.8 Å². The molecule has 18 heavy (non-hydrogen) atoms. The summed E-state index contributed by atoms with van der Waals surface area (Å²) in [4.78, 5) is 4.50. The van der Waals surface area contributed by atoms with Gasteiger partial charge in [0, 0.05) is 22.8 Å². The Hall–Kier alpha value is -1.09. The summed E-state index contributed by atoms with van der Waals surface area (Å²) in [6.07, 6.45) is 7.80. The van der Waals surface area contributed by atoms with Crippen LogP contribution in [0.25, 0.3) is 10.1 Å². The van der Waals surface area contributed by atoms with Crippen LogP contribution in [0.2, 0.25) is 0 Å². The van der Waals surface area contributed by atoms with E-state index in [4.69, 9.17) is 0 Å². The molecule has 0 aromatic carbocycles. The fraction of sp³-hybridized carbons (Fsp3) is 0.533. The molecule has 0 amide bonds. The highest BCUT2D eigenvalue weighted by atomic mass is 32.1. The molecule has 2 aromatic heterocycles. The first-order chi connectivity index (χ1) is 8.90. The number of aromatic nitrogens is 1. The van der Waals surface area contributed by atoms with Gasteiger partial charge in [-0.2, -0.15) is 0 Å². The van der Waals surface area contributed by atoms with E-state index in [0.29, 0.717) is 0 Å². The Kier molecular flexibility index (Phi) is 2.54. The third-order valence-electron chi connectivity index (χ3n) is 4.80.